The van der Waals surface area contributed by atoms with Gasteiger partial charge in [-0.15, -0.1) is 0 Å². The molecule has 8 bridgehead atoms. The second-order valence-electron chi connectivity index (χ2n) is 6.52. The lowest BCUT2D eigenvalue weighted by molar-refractivity contribution is 0.683. The summed E-state index contributed by atoms with van der Waals surface area (Å²) in [5, 5.41) is 5.71. The van der Waals surface area contributed by atoms with Gasteiger partial charge in [0.15, 0.2) is 0 Å². The third kappa shape index (κ3) is 2.60. The van der Waals surface area contributed by atoms with Crippen molar-refractivity contribution < 1.29 is 0 Å². The van der Waals surface area contributed by atoms with Crippen LogP contribution in [0.2, 0.25) is 0 Å². The van der Waals surface area contributed by atoms with Crippen LogP contribution in [-0.4, -0.2) is 28.5 Å². The molecular weight excluding hydrogens is 296 g/mol. The van der Waals surface area contributed by atoms with E-state index in [4.69, 9.17) is 9.98 Å². The zero-order chi connectivity index (χ0) is 15.9. The lowest BCUT2D eigenvalue weighted by Gasteiger charge is -2.11. The minimum absolute atomic E-state index is 0.228. The number of allylic oxidation sites excluding steroid dienone is 3. The Balaban J connectivity index is 1.60. The summed E-state index contributed by atoms with van der Waals surface area (Å²) in [7, 11) is 0. The van der Waals surface area contributed by atoms with Gasteiger partial charge >= 0.3 is 0 Å². The predicted octanol–water partition coefficient (Wildman–Crippen LogP) is 1.50. The Morgan fingerprint density at radius 2 is 1.88 bits per heavy atom. The van der Waals surface area contributed by atoms with E-state index in [0.29, 0.717) is 6.04 Å². The van der Waals surface area contributed by atoms with Crippen molar-refractivity contribution in [1.29, 1.82) is 0 Å². The molecule has 0 spiro atoms. The maximum Gasteiger partial charge on any atom is 0.0745 e. The van der Waals surface area contributed by atoms with Gasteiger partial charge in [-0.2, -0.15) is 0 Å². The summed E-state index contributed by atoms with van der Waals surface area (Å²) in [6.07, 6.45) is 19.0. The van der Waals surface area contributed by atoms with Crippen molar-refractivity contribution in [3.05, 3.63) is 70.7 Å². The Morgan fingerprint density at radius 3 is 2.79 bits per heavy atom. The normalized spacial score (nSPS) is 31.8. The number of hydrogen-bond acceptors (Lipinski definition) is 3. The number of hydrogen-bond donors (Lipinski definition) is 2. The van der Waals surface area contributed by atoms with E-state index in [-0.39, 0.29) is 6.04 Å². The van der Waals surface area contributed by atoms with Gasteiger partial charge in [0.2, 0.25) is 0 Å². The minimum atomic E-state index is 0.228. The molecule has 1 aromatic rings. The fourth-order valence-electron chi connectivity index (χ4n) is 3.48. The highest BCUT2D eigenvalue weighted by Gasteiger charge is 2.19. The van der Waals surface area contributed by atoms with Crippen molar-refractivity contribution >= 4 is 23.6 Å². The van der Waals surface area contributed by atoms with Crippen LogP contribution in [0.25, 0.3) is 12.2 Å². The van der Waals surface area contributed by atoms with Gasteiger partial charge in [0.25, 0.3) is 0 Å². The fraction of sp³-hybridized carbons (Fsp3) is 0.200. The van der Waals surface area contributed by atoms with E-state index in [9.17, 15) is 0 Å². The summed E-state index contributed by atoms with van der Waals surface area (Å²) in [4.78, 5) is 12.9. The topological polar surface area (TPSA) is 52.5 Å². The molecule has 2 atom stereocenters. The van der Waals surface area contributed by atoms with E-state index in [0.717, 1.165) is 40.7 Å². The van der Waals surface area contributed by atoms with Crippen LogP contribution in [0.3, 0.4) is 0 Å². The fourth-order valence-corrected chi connectivity index (χ4v) is 3.48. The highest BCUT2D eigenvalue weighted by molar-refractivity contribution is 6.19. The van der Waals surface area contributed by atoms with Crippen LogP contribution in [-0.2, 0) is 0 Å². The zero-order valence-corrected chi connectivity index (χ0v) is 13.2. The van der Waals surface area contributed by atoms with Gasteiger partial charge in [-0.05, 0) is 55.0 Å². The first-order chi connectivity index (χ1) is 11.8. The van der Waals surface area contributed by atoms with Crippen LogP contribution in [0.5, 0.6) is 0 Å². The lowest BCUT2D eigenvalue weighted by atomic mass is 10.2. The van der Waals surface area contributed by atoms with Crippen LogP contribution in [0.4, 0.5) is 0 Å². The largest absolute Gasteiger partial charge is 0.382 e. The van der Waals surface area contributed by atoms with E-state index in [1.165, 1.54) is 5.70 Å². The van der Waals surface area contributed by atoms with Gasteiger partial charge < -0.3 is 10.3 Å². The van der Waals surface area contributed by atoms with Crippen LogP contribution in [0.1, 0.15) is 12.8 Å². The quantitative estimate of drug-likeness (QED) is 0.749. The molecule has 0 saturated heterocycles. The van der Waals surface area contributed by atoms with Gasteiger partial charge in [-0.1, -0.05) is 12.2 Å². The Kier molecular flexibility index (Phi) is 3.01. The maximum absolute atomic E-state index is 4.80. The number of fused-ring (bicyclic) bond motifs is 6. The molecule has 4 aliphatic heterocycles. The average Bonchev–Trinajstić information content (AvgIpc) is 3.32. The monoisotopic (exact) mass is 314 g/mol. The summed E-state index contributed by atoms with van der Waals surface area (Å²) in [6, 6.07) is 4.71. The van der Waals surface area contributed by atoms with Crippen LogP contribution in [0, 0.1) is 0 Å². The molecule has 5 rings (SSSR count). The molecule has 0 amide bonds. The van der Waals surface area contributed by atoms with Crippen molar-refractivity contribution in [1.82, 2.24) is 10.3 Å². The maximum atomic E-state index is 4.80. The summed E-state index contributed by atoms with van der Waals surface area (Å²) in [6.45, 7) is 0. The third-order valence-electron chi connectivity index (χ3n) is 4.61. The van der Waals surface area contributed by atoms with Crippen molar-refractivity contribution in [3.8, 4) is 0 Å². The Hall–Kier alpha value is -2.88. The van der Waals surface area contributed by atoms with E-state index in [1.807, 2.05) is 0 Å². The summed E-state index contributed by atoms with van der Waals surface area (Å²) in [5.41, 5.74) is 4.31. The van der Waals surface area contributed by atoms with E-state index in [2.05, 4.69) is 71.0 Å². The van der Waals surface area contributed by atoms with E-state index < -0.39 is 0 Å². The molecule has 24 heavy (non-hydrogen) atoms. The predicted molar refractivity (Wildman–Crippen MR) is 98.2 cm³/mol. The molecule has 118 valence electrons. The first-order valence-electron chi connectivity index (χ1n) is 8.39. The Bertz CT molecular complexity index is 995. The molecule has 2 N–H and O–H groups in total. The Morgan fingerprint density at radius 1 is 1.00 bits per heavy atom. The van der Waals surface area contributed by atoms with Crippen molar-refractivity contribution in [2.45, 2.75) is 24.9 Å². The molecule has 0 aliphatic carbocycles. The second-order valence-corrected chi connectivity index (χ2v) is 6.52. The molecule has 2 unspecified atom stereocenters. The van der Waals surface area contributed by atoms with E-state index >= 15 is 0 Å². The zero-order valence-electron chi connectivity index (χ0n) is 13.2. The van der Waals surface area contributed by atoms with Gasteiger partial charge in [0, 0.05) is 28.9 Å². The number of rotatable bonds is 0. The molecule has 4 nitrogen and oxygen atoms in total. The highest BCUT2D eigenvalue weighted by atomic mass is 15.0. The third-order valence-corrected chi connectivity index (χ3v) is 4.61. The molecule has 0 fully saturated rings. The first kappa shape index (κ1) is 13.5. The van der Waals surface area contributed by atoms with Gasteiger partial charge in [0.1, 0.15) is 0 Å². The molecule has 4 heteroatoms. The first-order valence-corrected chi connectivity index (χ1v) is 8.39. The van der Waals surface area contributed by atoms with Gasteiger partial charge in [-0.25, -0.2) is 4.99 Å². The molecule has 0 radical (unpaired) electrons. The molecule has 4 aliphatic rings. The molecular formula is C20H18N4. The number of aromatic amines is 1. The summed E-state index contributed by atoms with van der Waals surface area (Å²) >= 11 is 0. The number of aliphatic imine (C=N–C) groups is 2. The highest BCUT2D eigenvalue weighted by Crippen LogP contribution is 2.21. The van der Waals surface area contributed by atoms with Crippen molar-refractivity contribution in [2.24, 2.45) is 9.98 Å². The Labute approximate surface area is 140 Å². The van der Waals surface area contributed by atoms with Gasteiger partial charge in [0.05, 0.1) is 23.2 Å². The molecule has 1 aromatic heterocycles. The second kappa shape index (κ2) is 5.34. The average molecular weight is 314 g/mol. The van der Waals surface area contributed by atoms with Crippen LogP contribution in [0.15, 0.2) is 70.0 Å². The molecule has 0 saturated carbocycles. The minimum Gasteiger partial charge on any atom is -0.382 e. The van der Waals surface area contributed by atoms with Crippen LogP contribution >= 0.6 is 0 Å². The lowest BCUT2D eigenvalue weighted by Crippen LogP contribution is -2.22. The molecule has 5 heterocycles. The van der Waals surface area contributed by atoms with Crippen LogP contribution < -0.4 is 16.0 Å². The number of aromatic nitrogens is 1. The summed E-state index contributed by atoms with van der Waals surface area (Å²) < 4.78 is 0. The standard InChI is InChI=1S/C20H18N4/c1-2-14-10-16-5-6-18(23-16)12-20-8-7-19(24-20)11-17-4-3-15(22-17)9-13(1)21-14/h1-7,9-10,12,17,20-21,24H,8,11H2/b13-9-,14-10-,18-12-. The number of H-pyrrole nitrogens is 1. The van der Waals surface area contributed by atoms with Crippen molar-refractivity contribution in [3.63, 3.8) is 0 Å². The number of nitrogens with one attached hydrogen (secondary N) is 2. The van der Waals surface area contributed by atoms with Crippen molar-refractivity contribution in [2.75, 3.05) is 0 Å². The SMILES string of the molecule is C1=C/C2=C/C3CC=C(CC4C=CC(=N4)/C=c4/cc/c([nH]4)=C/C1=N2)N3. The van der Waals surface area contributed by atoms with E-state index in [1.54, 1.807) is 0 Å². The smallest absolute Gasteiger partial charge is 0.0745 e. The van der Waals surface area contributed by atoms with Gasteiger partial charge in [-0.3, -0.25) is 4.99 Å². The summed E-state index contributed by atoms with van der Waals surface area (Å²) in [5.74, 6) is 0. The number of nitrogens with zero attached hydrogens (tertiary/aromatic N) is 2. The molecule has 0 aromatic carbocycles.